The van der Waals surface area contributed by atoms with Gasteiger partial charge in [-0.05, 0) is 0 Å². The highest BCUT2D eigenvalue weighted by atomic mass is 35.5. The molecule has 0 aliphatic carbocycles. The molecule has 0 radical (unpaired) electrons. The normalized spacial score (nSPS) is 9.56. The Morgan fingerprint density at radius 1 is 1.67 bits per heavy atom. The molecule has 0 aromatic carbocycles. The molecule has 1 aromatic rings. The van der Waals surface area contributed by atoms with E-state index in [2.05, 4.69) is 0 Å². The van der Waals surface area contributed by atoms with Gasteiger partial charge in [0.2, 0.25) is 0 Å². The minimum atomic E-state index is -0.130. The van der Waals surface area contributed by atoms with Crippen LogP contribution < -0.4 is 5.43 Å². The van der Waals surface area contributed by atoms with E-state index >= 15 is 0 Å². The topological polar surface area (TPSA) is 22.0 Å². The van der Waals surface area contributed by atoms with Crippen LogP contribution >= 0.6 is 11.6 Å². The molecule has 48 valence electrons. The fourth-order valence-corrected chi connectivity index (χ4v) is 0.767. The van der Waals surface area contributed by atoms with Gasteiger partial charge < -0.3 is 4.57 Å². The van der Waals surface area contributed by atoms with E-state index in [0.29, 0.717) is 0 Å². The minimum Gasteiger partial charge on any atom is -0.355 e. The molecule has 0 unspecified atom stereocenters. The first-order valence-electron chi connectivity index (χ1n) is 2.52. The summed E-state index contributed by atoms with van der Waals surface area (Å²) in [5, 5.41) is 0.264. The van der Waals surface area contributed by atoms with Crippen LogP contribution in [0.2, 0.25) is 5.02 Å². The van der Waals surface area contributed by atoms with Crippen LogP contribution in [0.3, 0.4) is 0 Å². The summed E-state index contributed by atoms with van der Waals surface area (Å²) in [6.45, 7) is 0. The van der Waals surface area contributed by atoms with Crippen LogP contribution in [0.4, 0.5) is 0 Å². The van der Waals surface area contributed by atoms with E-state index in [4.69, 9.17) is 11.6 Å². The van der Waals surface area contributed by atoms with Crippen LogP contribution in [0.1, 0.15) is 0 Å². The fraction of sp³-hybridized carbons (Fsp3) is 0.167. The molecular formula is C6H6ClNO. The highest BCUT2D eigenvalue weighted by Gasteiger charge is 1.90. The summed E-state index contributed by atoms with van der Waals surface area (Å²) in [4.78, 5) is 10.6. The van der Waals surface area contributed by atoms with Gasteiger partial charge in [-0.1, -0.05) is 11.6 Å². The molecule has 0 atom stereocenters. The average molecular weight is 144 g/mol. The Bertz CT molecular complexity index is 266. The number of aryl methyl sites for hydroxylation is 1. The van der Waals surface area contributed by atoms with Crippen molar-refractivity contribution in [2.45, 2.75) is 0 Å². The lowest BCUT2D eigenvalue weighted by molar-refractivity contribution is 0.900. The fourth-order valence-electron chi connectivity index (χ4n) is 0.550. The lowest BCUT2D eigenvalue weighted by atomic mass is 10.5. The first-order valence-corrected chi connectivity index (χ1v) is 2.90. The molecule has 2 nitrogen and oxygen atoms in total. The van der Waals surface area contributed by atoms with Gasteiger partial charge in [0.25, 0.3) is 0 Å². The van der Waals surface area contributed by atoms with E-state index in [-0.39, 0.29) is 10.5 Å². The zero-order valence-corrected chi connectivity index (χ0v) is 5.72. The van der Waals surface area contributed by atoms with Gasteiger partial charge in [-0.25, -0.2) is 0 Å². The van der Waals surface area contributed by atoms with Crippen LogP contribution in [0.5, 0.6) is 0 Å². The molecule has 0 aliphatic heterocycles. The third kappa shape index (κ3) is 1.33. The molecule has 0 fully saturated rings. The van der Waals surface area contributed by atoms with Gasteiger partial charge in [0, 0.05) is 25.5 Å². The van der Waals surface area contributed by atoms with E-state index in [0.717, 1.165) is 0 Å². The smallest absolute Gasteiger partial charge is 0.200 e. The number of hydrogen-bond acceptors (Lipinski definition) is 1. The second-order valence-corrected chi connectivity index (χ2v) is 2.23. The van der Waals surface area contributed by atoms with Crippen LogP contribution in [0.15, 0.2) is 23.3 Å². The van der Waals surface area contributed by atoms with Crippen LogP contribution in [0.25, 0.3) is 0 Å². The standard InChI is InChI=1S/C6H6ClNO/c1-8-3-2-6(9)5(7)4-8/h2-4H,1H3. The third-order valence-corrected chi connectivity index (χ3v) is 1.30. The SMILES string of the molecule is Cn1ccc(=O)c(Cl)c1. The van der Waals surface area contributed by atoms with Crippen molar-refractivity contribution >= 4 is 11.6 Å². The summed E-state index contributed by atoms with van der Waals surface area (Å²) in [6.07, 6.45) is 3.23. The van der Waals surface area contributed by atoms with Crippen molar-refractivity contribution in [1.29, 1.82) is 0 Å². The molecule has 0 saturated carbocycles. The number of rotatable bonds is 0. The quantitative estimate of drug-likeness (QED) is 0.532. The molecule has 0 aliphatic rings. The highest BCUT2D eigenvalue weighted by Crippen LogP contribution is 1.96. The molecule has 0 bridgehead atoms. The number of hydrogen-bond donors (Lipinski definition) is 0. The molecule has 0 saturated heterocycles. The predicted octanol–water partition coefficient (Wildman–Crippen LogP) is 1.04. The van der Waals surface area contributed by atoms with Crippen LogP contribution in [-0.2, 0) is 7.05 Å². The molecule has 1 aromatic heterocycles. The maximum absolute atomic E-state index is 10.6. The molecular weight excluding hydrogens is 138 g/mol. The van der Waals surface area contributed by atoms with E-state index < -0.39 is 0 Å². The van der Waals surface area contributed by atoms with Gasteiger partial charge >= 0.3 is 0 Å². The van der Waals surface area contributed by atoms with Crippen LogP contribution in [0, 0.1) is 0 Å². The molecule has 0 amide bonds. The third-order valence-electron chi connectivity index (χ3n) is 1.01. The van der Waals surface area contributed by atoms with Crippen molar-refractivity contribution in [3.8, 4) is 0 Å². The summed E-state index contributed by atoms with van der Waals surface area (Å²) in [7, 11) is 1.81. The van der Waals surface area contributed by atoms with Gasteiger partial charge in [0.15, 0.2) is 5.43 Å². The van der Waals surface area contributed by atoms with Crippen molar-refractivity contribution < 1.29 is 0 Å². The molecule has 1 rings (SSSR count). The lowest BCUT2D eigenvalue weighted by Gasteiger charge is -1.93. The van der Waals surface area contributed by atoms with Gasteiger partial charge in [0.1, 0.15) is 5.02 Å². The van der Waals surface area contributed by atoms with Crippen molar-refractivity contribution in [2.75, 3.05) is 0 Å². The van der Waals surface area contributed by atoms with Gasteiger partial charge in [0.05, 0.1) is 0 Å². The largest absolute Gasteiger partial charge is 0.355 e. The zero-order chi connectivity index (χ0) is 6.85. The van der Waals surface area contributed by atoms with E-state index in [1.807, 2.05) is 7.05 Å². The second-order valence-electron chi connectivity index (χ2n) is 1.82. The first-order chi connectivity index (χ1) is 4.20. The lowest BCUT2D eigenvalue weighted by Crippen LogP contribution is -2.02. The summed E-state index contributed by atoms with van der Waals surface area (Å²) in [5.74, 6) is 0. The minimum absolute atomic E-state index is 0.130. The second kappa shape index (κ2) is 2.23. The summed E-state index contributed by atoms with van der Waals surface area (Å²) >= 11 is 5.48. The monoisotopic (exact) mass is 143 g/mol. The Balaban J connectivity index is 3.34. The highest BCUT2D eigenvalue weighted by molar-refractivity contribution is 6.30. The Morgan fingerprint density at radius 3 is 2.78 bits per heavy atom. The van der Waals surface area contributed by atoms with Crippen molar-refractivity contribution in [3.63, 3.8) is 0 Å². The number of halogens is 1. The predicted molar refractivity (Wildman–Crippen MR) is 36.7 cm³/mol. The molecule has 0 N–H and O–H groups in total. The van der Waals surface area contributed by atoms with E-state index in [1.54, 1.807) is 17.0 Å². The molecule has 0 spiro atoms. The van der Waals surface area contributed by atoms with Gasteiger partial charge in [-0.2, -0.15) is 0 Å². The summed E-state index contributed by atoms with van der Waals surface area (Å²) < 4.78 is 1.73. The van der Waals surface area contributed by atoms with E-state index in [9.17, 15) is 4.79 Å². The van der Waals surface area contributed by atoms with E-state index in [1.165, 1.54) is 6.07 Å². The van der Waals surface area contributed by atoms with Crippen molar-refractivity contribution in [1.82, 2.24) is 4.57 Å². The van der Waals surface area contributed by atoms with Gasteiger partial charge in [-0.3, -0.25) is 4.79 Å². The maximum atomic E-state index is 10.6. The Labute approximate surface area is 57.7 Å². The van der Waals surface area contributed by atoms with Crippen LogP contribution in [-0.4, -0.2) is 4.57 Å². The summed E-state index contributed by atoms with van der Waals surface area (Å²) in [5.41, 5.74) is -0.130. The Hall–Kier alpha value is -0.760. The average Bonchev–Trinajstić information content (AvgIpc) is 1.80. The zero-order valence-electron chi connectivity index (χ0n) is 4.97. The number of nitrogens with zero attached hydrogens (tertiary/aromatic N) is 1. The molecule has 1 heterocycles. The Morgan fingerprint density at radius 2 is 2.33 bits per heavy atom. The Kier molecular flexibility index (Phi) is 1.58. The number of pyridine rings is 1. The van der Waals surface area contributed by atoms with Gasteiger partial charge in [-0.15, -0.1) is 0 Å². The first kappa shape index (κ1) is 6.36. The molecule has 9 heavy (non-hydrogen) atoms. The maximum Gasteiger partial charge on any atom is 0.200 e. The number of aromatic nitrogens is 1. The summed E-state index contributed by atoms with van der Waals surface area (Å²) in [6, 6.07) is 1.43. The molecule has 3 heteroatoms. The van der Waals surface area contributed by atoms with Crippen molar-refractivity contribution in [3.05, 3.63) is 33.7 Å². The van der Waals surface area contributed by atoms with Crippen molar-refractivity contribution in [2.24, 2.45) is 7.05 Å².